The highest BCUT2D eigenvalue weighted by Crippen LogP contribution is 2.40. The van der Waals surface area contributed by atoms with Crippen molar-refractivity contribution in [3.05, 3.63) is 187 Å². The SMILES string of the molecule is CC1(C)C[C@H](CNc2cccc(-c3cc(CC(=O)[C@@H]4CCCN4)ncc3Cl)c2)CCO1.CO[C@H]1CNC[C@@H]1C(=O)Cc1cc(-c2cc(NCC3CCOCC3)c(F)cc2Cl)c(Cl)cn1.CO[C@H]1CNC[C@@H]1C(=O)Cc1cc(-c2ccc(F)c(NCC3CCOCC3)c2)c(Cl)cn1.C[C@@H]1CC[C@@H](C(=O)Cc2cc(-c3ccc(F)c(NCC4CCOCC4)c3)c(Cl)cn2)CN1. The van der Waals surface area contributed by atoms with Crippen molar-refractivity contribution in [1.29, 1.82) is 0 Å². The number of rotatable bonds is 30. The van der Waals surface area contributed by atoms with Crippen LogP contribution in [0.3, 0.4) is 0 Å². The molecule has 0 radical (unpaired) electrons. The Bertz CT molecular complexity index is 5050. The number of anilines is 4. The number of pyridine rings is 4. The summed E-state index contributed by atoms with van der Waals surface area (Å²) < 4.78 is 76.3. The number of carbonyl (C=O) groups is 4. The van der Waals surface area contributed by atoms with Gasteiger partial charge in [0.25, 0.3) is 0 Å². The summed E-state index contributed by atoms with van der Waals surface area (Å²) in [5, 5.41) is 28.5. The van der Waals surface area contributed by atoms with Crippen molar-refractivity contribution in [3.8, 4) is 44.5 Å². The maximum atomic E-state index is 14.6. The molecule has 688 valence electrons. The number of carbonyl (C=O) groups excluding carboxylic acids is 4. The number of ketones is 4. The van der Waals surface area contributed by atoms with Crippen LogP contribution in [0.15, 0.2) is 122 Å². The third kappa shape index (κ3) is 27.9. The monoisotopic (exact) mass is 1860 g/mol. The van der Waals surface area contributed by atoms with E-state index in [0.29, 0.717) is 147 Å². The lowest BCUT2D eigenvalue weighted by molar-refractivity contribution is -0.125. The number of halogens is 8. The Hall–Kier alpha value is -7.80. The van der Waals surface area contributed by atoms with E-state index >= 15 is 0 Å². The van der Waals surface area contributed by atoms with Gasteiger partial charge in [0.15, 0.2) is 5.78 Å². The molecular formula is C98H120Cl5F3N12O10. The molecule has 8 aliphatic rings. The second kappa shape index (κ2) is 48.0. The molecule has 128 heavy (non-hydrogen) atoms. The number of Topliss-reactive ketones (excluding diaryl/α,β-unsaturated/α-hetero) is 4. The first-order chi connectivity index (χ1) is 61.9. The van der Waals surface area contributed by atoms with Gasteiger partial charge in [0.2, 0.25) is 0 Å². The lowest BCUT2D eigenvalue weighted by Gasteiger charge is -2.35. The van der Waals surface area contributed by atoms with Gasteiger partial charge in [-0.15, -0.1) is 0 Å². The molecule has 0 amide bonds. The molecule has 30 heteroatoms. The molecule has 0 spiro atoms. The Kier molecular flexibility index (Phi) is 36.7. The fourth-order valence-electron chi connectivity index (χ4n) is 17.9. The quantitative estimate of drug-likeness (QED) is 0.0208. The van der Waals surface area contributed by atoms with Crippen LogP contribution in [0, 0.1) is 58.9 Å². The smallest absolute Gasteiger partial charge is 0.155 e. The van der Waals surface area contributed by atoms with Crippen LogP contribution in [0.4, 0.5) is 35.9 Å². The molecule has 8 atom stereocenters. The highest BCUT2D eigenvalue weighted by atomic mass is 35.5. The molecule has 0 saturated carbocycles. The number of piperidine rings is 1. The van der Waals surface area contributed by atoms with Crippen LogP contribution in [-0.4, -0.2) is 199 Å². The van der Waals surface area contributed by atoms with E-state index in [1.54, 1.807) is 69.2 Å². The summed E-state index contributed by atoms with van der Waals surface area (Å²) in [5.74, 6) is 1.11. The van der Waals surface area contributed by atoms with E-state index in [2.05, 4.69) is 95.4 Å². The Morgan fingerprint density at radius 3 is 1.32 bits per heavy atom. The van der Waals surface area contributed by atoms with Crippen LogP contribution in [0.25, 0.3) is 44.5 Å². The van der Waals surface area contributed by atoms with Crippen molar-refractivity contribution in [2.24, 2.45) is 41.4 Å². The van der Waals surface area contributed by atoms with Gasteiger partial charge in [0.05, 0.1) is 84.3 Å². The summed E-state index contributed by atoms with van der Waals surface area (Å²) in [6.07, 6.45) is 18.9. The van der Waals surface area contributed by atoms with Crippen molar-refractivity contribution < 1.29 is 60.8 Å². The largest absolute Gasteiger partial charge is 0.385 e. The van der Waals surface area contributed by atoms with Crippen LogP contribution in [-0.2, 0) is 73.3 Å². The van der Waals surface area contributed by atoms with E-state index in [1.807, 2.05) is 30.3 Å². The maximum absolute atomic E-state index is 14.6. The third-order valence-corrected chi connectivity index (χ3v) is 27.1. The van der Waals surface area contributed by atoms with Crippen LogP contribution < -0.4 is 42.5 Å². The van der Waals surface area contributed by atoms with Crippen molar-refractivity contribution >= 4 is 104 Å². The van der Waals surface area contributed by atoms with E-state index in [1.165, 1.54) is 24.4 Å². The van der Waals surface area contributed by atoms with Gasteiger partial charge in [-0.3, -0.25) is 39.1 Å². The topological polar surface area (TPSA) is 271 Å². The first kappa shape index (κ1) is 97.7. The zero-order valence-corrected chi connectivity index (χ0v) is 77.4. The Labute approximate surface area is 774 Å². The van der Waals surface area contributed by atoms with Gasteiger partial charge in [-0.25, -0.2) is 13.2 Å². The number of ether oxygens (including phenoxy) is 6. The molecule has 4 aromatic carbocycles. The number of hydrogen-bond acceptors (Lipinski definition) is 22. The Morgan fingerprint density at radius 1 is 0.438 bits per heavy atom. The van der Waals surface area contributed by atoms with E-state index in [-0.39, 0.29) is 101 Å². The maximum Gasteiger partial charge on any atom is 0.155 e. The minimum absolute atomic E-state index is 0.0268. The van der Waals surface area contributed by atoms with Gasteiger partial charge < -0.3 is 71.0 Å². The fraction of sp³-hybridized carbons (Fsp3) is 0.510. The molecule has 0 unspecified atom stereocenters. The molecule has 16 rings (SSSR count). The molecule has 8 fully saturated rings. The molecule has 12 heterocycles. The van der Waals surface area contributed by atoms with Crippen molar-refractivity contribution in [3.63, 3.8) is 0 Å². The molecule has 8 aliphatic heterocycles. The standard InChI is InChI=1S/C25H31ClFN3O2.C25H32ClN3O2.C24H28Cl2FN3O3.C24H29ClFN3O3/c1-16-2-3-19(14-28-16)25(31)12-20-11-21(22(26)15-29-20)18-4-5-23(27)24(10-18)30-13-17-6-8-32-9-7-17;1-25(2)14-17(8-10-31-25)15-28-19-6-3-5-18(11-19)21-12-20(29-16-22(21)26)13-24(30)23-7-4-9-27-23;1-32-24-13-28-11-18(24)23(31)7-15-6-16(20(26)12-29-15)17-8-22(21(27)9-19(17)25)30-10-14-2-4-33-5-3-14;1-31-24-14-27-12-19(24)23(30)10-17-9-18(20(25)13-28-17)16-2-3-21(26)22(8-16)29-11-15-4-6-32-7-5-15/h4-5,10-11,15-17,19,28,30H,2-3,6-9,12-14H2,1H3;3,5-6,11-12,16-17,23,27-28H,4,7-10,13-15H2,1-2H3;6,8-9,12,14,18,24,28,30H,2-5,7,10-11,13H2,1H3;2-3,8-9,13,15,19,24,27,29H,4-7,10-12,14H2,1H3/t16-,19-;17-,23+;18-,24+;19-,24+/m1111/s1. The van der Waals surface area contributed by atoms with Crippen molar-refractivity contribution in [1.82, 2.24) is 41.2 Å². The average Bonchev–Trinajstić information content (AvgIpc) is 0.935. The van der Waals surface area contributed by atoms with Crippen molar-refractivity contribution in [2.45, 2.75) is 153 Å². The highest BCUT2D eigenvalue weighted by molar-refractivity contribution is 6.37. The van der Waals surface area contributed by atoms with E-state index in [0.717, 1.165) is 188 Å². The molecule has 8 aromatic rings. The number of nitrogens with one attached hydrogen (secondary N) is 8. The van der Waals surface area contributed by atoms with Crippen LogP contribution in [0.5, 0.6) is 0 Å². The molecule has 8 saturated heterocycles. The van der Waals surface area contributed by atoms with E-state index < -0.39 is 5.82 Å². The first-order valence-corrected chi connectivity index (χ1v) is 46.9. The van der Waals surface area contributed by atoms with E-state index in [9.17, 15) is 32.3 Å². The lowest BCUT2D eigenvalue weighted by atomic mass is 9.88. The normalized spacial score (nSPS) is 21.9. The summed E-state index contributed by atoms with van der Waals surface area (Å²) in [6.45, 7) is 18.9. The molecule has 0 aliphatic carbocycles. The molecule has 4 aromatic heterocycles. The highest BCUT2D eigenvalue weighted by Gasteiger charge is 2.36. The molecule has 22 nitrogen and oxygen atoms in total. The number of benzene rings is 4. The Balaban J connectivity index is 0.000000146. The number of hydrogen-bond donors (Lipinski definition) is 8. The third-order valence-electron chi connectivity index (χ3n) is 25.6. The number of nitrogens with zero attached hydrogens (tertiary/aromatic N) is 4. The number of methoxy groups -OCH3 is 2. The summed E-state index contributed by atoms with van der Waals surface area (Å²) in [7, 11) is 3.24. The molecular weight excluding hydrogens is 1740 g/mol. The summed E-state index contributed by atoms with van der Waals surface area (Å²) in [4.78, 5) is 68.4. The second-order valence-corrected chi connectivity index (χ2v) is 37.5. The van der Waals surface area contributed by atoms with Crippen LogP contribution >= 0.6 is 58.0 Å². The fourth-order valence-corrected chi connectivity index (χ4v) is 19.0. The Morgan fingerprint density at radius 2 is 0.867 bits per heavy atom. The van der Waals surface area contributed by atoms with Gasteiger partial charge in [-0.1, -0.05) is 82.3 Å². The summed E-state index contributed by atoms with van der Waals surface area (Å²) in [5.41, 5.74) is 11.2. The second-order valence-electron chi connectivity index (χ2n) is 35.4. The molecule has 8 N–H and O–H groups in total. The first-order valence-electron chi connectivity index (χ1n) is 45.0. The minimum atomic E-state index is -0.421. The van der Waals surface area contributed by atoms with Crippen molar-refractivity contribution in [2.75, 3.05) is 147 Å². The summed E-state index contributed by atoms with van der Waals surface area (Å²) in [6, 6.07) is 28.9. The average molecular weight is 1860 g/mol. The van der Waals surface area contributed by atoms with Gasteiger partial charge >= 0.3 is 0 Å². The van der Waals surface area contributed by atoms with Gasteiger partial charge in [0, 0.05) is 232 Å². The zero-order chi connectivity index (χ0) is 90.2. The van der Waals surface area contributed by atoms with Gasteiger partial charge in [-0.2, -0.15) is 0 Å². The van der Waals surface area contributed by atoms with Gasteiger partial charge in [0.1, 0.15) is 34.8 Å². The minimum Gasteiger partial charge on any atom is -0.385 e. The number of aromatic nitrogens is 4. The van der Waals surface area contributed by atoms with Crippen LogP contribution in [0.2, 0.25) is 25.1 Å². The predicted octanol–water partition coefficient (Wildman–Crippen LogP) is 17.9. The molecule has 0 bridgehead atoms. The zero-order valence-electron chi connectivity index (χ0n) is 73.6. The lowest BCUT2D eigenvalue weighted by Crippen LogP contribution is -2.40. The summed E-state index contributed by atoms with van der Waals surface area (Å²) >= 11 is 32.2. The van der Waals surface area contributed by atoms with Gasteiger partial charge in [-0.05, 0) is 218 Å². The van der Waals surface area contributed by atoms with Crippen LogP contribution in [0.1, 0.15) is 121 Å². The predicted molar refractivity (Wildman–Crippen MR) is 501 cm³/mol. The van der Waals surface area contributed by atoms with E-state index in [4.69, 9.17) is 86.4 Å².